The van der Waals surface area contributed by atoms with Crippen LogP contribution in [0.3, 0.4) is 0 Å². The normalized spacial score (nSPS) is 9.88. The van der Waals surface area contributed by atoms with Crippen LogP contribution in [-0.2, 0) is 15.5 Å². The Labute approximate surface area is 98.0 Å². The Kier molecular flexibility index (Phi) is 4.31. The van der Waals surface area contributed by atoms with Gasteiger partial charge in [0, 0.05) is 12.8 Å². The molecule has 0 aliphatic carbocycles. The van der Waals surface area contributed by atoms with Crippen molar-refractivity contribution < 1.29 is 19.0 Å². The van der Waals surface area contributed by atoms with Gasteiger partial charge in [0.05, 0.1) is 0 Å². The van der Waals surface area contributed by atoms with Gasteiger partial charge in [0.1, 0.15) is 29.0 Å². The molecule has 1 N–H and O–H groups in total. The van der Waals surface area contributed by atoms with Gasteiger partial charge < -0.3 is 9.40 Å². The standard InChI is InChI=1S/C11H11ClO4/c1-2-8(13)5-7-3-4-10(14)9(6-7)11(15)16-12/h3-4,6,14H,2,5H2,1H3. The van der Waals surface area contributed by atoms with Gasteiger partial charge in [0.15, 0.2) is 0 Å². The zero-order chi connectivity index (χ0) is 12.1. The molecule has 1 aromatic rings. The van der Waals surface area contributed by atoms with Gasteiger partial charge in [-0.05, 0) is 17.7 Å². The summed E-state index contributed by atoms with van der Waals surface area (Å²) in [6.07, 6.45) is 0.648. The van der Waals surface area contributed by atoms with Crippen molar-refractivity contribution in [3.8, 4) is 5.75 Å². The molecule has 1 aromatic carbocycles. The molecule has 0 radical (unpaired) electrons. The van der Waals surface area contributed by atoms with Crippen LogP contribution in [0, 0.1) is 0 Å². The first-order valence-corrected chi connectivity index (χ1v) is 5.05. The lowest BCUT2D eigenvalue weighted by Gasteiger charge is -2.04. The van der Waals surface area contributed by atoms with Gasteiger partial charge in [-0.25, -0.2) is 4.79 Å². The number of rotatable bonds is 4. The molecule has 0 aliphatic heterocycles. The first-order valence-electron chi connectivity index (χ1n) is 4.75. The highest BCUT2D eigenvalue weighted by atomic mass is 35.5. The van der Waals surface area contributed by atoms with E-state index in [0.29, 0.717) is 12.0 Å². The lowest BCUT2D eigenvalue weighted by Crippen LogP contribution is -2.04. The van der Waals surface area contributed by atoms with E-state index in [4.69, 9.17) is 11.9 Å². The van der Waals surface area contributed by atoms with Crippen molar-refractivity contribution in [3.63, 3.8) is 0 Å². The number of halogens is 1. The first-order chi connectivity index (χ1) is 7.58. The molecule has 0 saturated heterocycles. The predicted octanol–water partition coefficient (Wildman–Crippen LogP) is 2.22. The summed E-state index contributed by atoms with van der Waals surface area (Å²) in [7, 11) is 0. The van der Waals surface area contributed by atoms with Crippen molar-refractivity contribution in [1.29, 1.82) is 0 Å². The molecule has 0 amide bonds. The predicted molar refractivity (Wildman–Crippen MR) is 58.4 cm³/mol. The summed E-state index contributed by atoms with van der Waals surface area (Å²) in [6, 6.07) is 4.31. The molecular weight excluding hydrogens is 232 g/mol. The molecule has 1 rings (SSSR count). The number of hydrogen-bond acceptors (Lipinski definition) is 4. The smallest absolute Gasteiger partial charge is 0.360 e. The molecule has 0 saturated carbocycles. The van der Waals surface area contributed by atoms with Crippen LogP contribution in [0.25, 0.3) is 0 Å². The Morgan fingerprint density at radius 2 is 2.12 bits per heavy atom. The number of phenols is 1. The highest BCUT2D eigenvalue weighted by Gasteiger charge is 2.13. The van der Waals surface area contributed by atoms with E-state index < -0.39 is 5.97 Å². The molecule has 0 heterocycles. The van der Waals surface area contributed by atoms with Crippen LogP contribution >= 0.6 is 11.9 Å². The van der Waals surface area contributed by atoms with Crippen LogP contribution in [0.4, 0.5) is 0 Å². The molecule has 0 fully saturated rings. The van der Waals surface area contributed by atoms with Crippen LogP contribution < -0.4 is 0 Å². The largest absolute Gasteiger partial charge is 0.507 e. The topological polar surface area (TPSA) is 63.6 Å². The fourth-order valence-corrected chi connectivity index (χ4v) is 1.33. The summed E-state index contributed by atoms with van der Waals surface area (Å²) in [5.74, 6) is -1.01. The van der Waals surface area contributed by atoms with E-state index in [-0.39, 0.29) is 23.5 Å². The summed E-state index contributed by atoms with van der Waals surface area (Å²) in [5, 5.41) is 9.38. The Morgan fingerprint density at radius 1 is 1.44 bits per heavy atom. The number of aromatic hydroxyl groups is 1. The second-order valence-corrected chi connectivity index (χ2v) is 3.44. The van der Waals surface area contributed by atoms with E-state index in [1.807, 2.05) is 0 Å². The monoisotopic (exact) mass is 242 g/mol. The second-order valence-electron chi connectivity index (χ2n) is 3.29. The number of ketones is 1. The molecule has 0 bridgehead atoms. The quantitative estimate of drug-likeness (QED) is 0.879. The lowest BCUT2D eigenvalue weighted by molar-refractivity contribution is -0.118. The Bertz CT molecular complexity index is 414. The van der Waals surface area contributed by atoms with E-state index in [1.54, 1.807) is 13.0 Å². The second kappa shape index (κ2) is 5.51. The van der Waals surface area contributed by atoms with E-state index >= 15 is 0 Å². The molecule has 0 atom stereocenters. The minimum atomic E-state index is -0.843. The third kappa shape index (κ3) is 2.97. The van der Waals surface area contributed by atoms with Crippen molar-refractivity contribution >= 4 is 23.6 Å². The summed E-state index contributed by atoms with van der Waals surface area (Å²) < 4.78 is 3.99. The zero-order valence-electron chi connectivity index (χ0n) is 8.70. The third-order valence-corrected chi connectivity index (χ3v) is 2.29. The summed E-state index contributed by atoms with van der Waals surface area (Å²) in [4.78, 5) is 22.4. The maximum atomic E-state index is 11.2. The van der Waals surface area contributed by atoms with Crippen molar-refractivity contribution in [2.24, 2.45) is 0 Å². The minimum Gasteiger partial charge on any atom is -0.507 e. The van der Waals surface area contributed by atoms with Crippen LogP contribution in [-0.4, -0.2) is 16.9 Å². The summed E-state index contributed by atoms with van der Waals surface area (Å²) >= 11 is 4.92. The minimum absolute atomic E-state index is 0.0450. The zero-order valence-corrected chi connectivity index (χ0v) is 9.45. The van der Waals surface area contributed by atoms with Crippen LogP contribution in [0.5, 0.6) is 5.75 Å². The van der Waals surface area contributed by atoms with Gasteiger partial charge in [-0.3, -0.25) is 4.79 Å². The average Bonchev–Trinajstić information content (AvgIpc) is 2.30. The van der Waals surface area contributed by atoms with Crippen LogP contribution in [0.1, 0.15) is 29.3 Å². The van der Waals surface area contributed by atoms with Gasteiger partial charge in [-0.15, -0.1) is 0 Å². The number of hydrogen-bond donors (Lipinski definition) is 1. The van der Waals surface area contributed by atoms with Crippen molar-refractivity contribution in [2.45, 2.75) is 19.8 Å². The fraction of sp³-hybridized carbons (Fsp3) is 0.273. The van der Waals surface area contributed by atoms with Crippen molar-refractivity contribution in [2.75, 3.05) is 0 Å². The fourth-order valence-electron chi connectivity index (χ4n) is 1.25. The first kappa shape index (κ1) is 12.5. The SMILES string of the molecule is CCC(=O)Cc1ccc(O)c(C(=O)OCl)c1. The molecule has 0 spiro atoms. The molecular formula is C11H11ClO4. The molecule has 0 aromatic heterocycles. The summed E-state index contributed by atoms with van der Waals surface area (Å²) in [5.41, 5.74) is 0.595. The lowest BCUT2D eigenvalue weighted by atomic mass is 10.0. The van der Waals surface area contributed by atoms with Gasteiger partial charge >= 0.3 is 5.97 Å². The number of phenolic OH excluding ortho intramolecular Hbond substituents is 1. The molecule has 86 valence electrons. The number of carbonyl (C=O) groups excluding carboxylic acids is 2. The Balaban J connectivity index is 2.98. The van der Waals surface area contributed by atoms with Crippen LogP contribution in [0.2, 0.25) is 0 Å². The Hall–Kier alpha value is -1.55. The van der Waals surface area contributed by atoms with Gasteiger partial charge in [-0.1, -0.05) is 13.0 Å². The molecule has 5 heteroatoms. The third-order valence-electron chi connectivity index (χ3n) is 2.15. The molecule has 4 nitrogen and oxygen atoms in total. The van der Waals surface area contributed by atoms with Gasteiger partial charge in [-0.2, -0.15) is 0 Å². The van der Waals surface area contributed by atoms with E-state index in [0.717, 1.165) is 0 Å². The average molecular weight is 243 g/mol. The maximum Gasteiger partial charge on any atom is 0.360 e. The summed E-state index contributed by atoms with van der Waals surface area (Å²) in [6.45, 7) is 1.76. The highest BCUT2D eigenvalue weighted by Crippen LogP contribution is 2.20. The number of carbonyl (C=O) groups is 2. The van der Waals surface area contributed by atoms with E-state index in [2.05, 4.69) is 4.29 Å². The van der Waals surface area contributed by atoms with E-state index in [9.17, 15) is 14.7 Å². The molecule has 0 unspecified atom stereocenters. The molecule has 16 heavy (non-hydrogen) atoms. The van der Waals surface area contributed by atoms with E-state index in [1.165, 1.54) is 12.1 Å². The number of benzene rings is 1. The van der Waals surface area contributed by atoms with Gasteiger partial charge in [0.2, 0.25) is 0 Å². The Morgan fingerprint density at radius 3 is 2.69 bits per heavy atom. The highest BCUT2D eigenvalue weighted by molar-refractivity contribution is 6.16. The van der Waals surface area contributed by atoms with Crippen LogP contribution in [0.15, 0.2) is 18.2 Å². The van der Waals surface area contributed by atoms with Crippen molar-refractivity contribution in [1.82, 2.24) is 0 Å². The van der Waals surface area contributed by atoms with Crippen molar-refractivity contribution in [3.05, 3.63) is 29.3 Å². The molecule has 0 aliphatic rings. The maximum absolute atomic E-state index is 11.2. The number of Topliss-reactive ketones (excluding diaryl/α,β-unsaturated/α-hetero) is 1. The van der Waals surface area contributed by atoms with Gasteiger partial charge in [0.25, 0.3) is 0 Å².